The van der Waals surface area contributed by atoms with Gasteiger partial charge in [0.15, 0.2) is 5.78 Å². The van der Waals surface area contributed by atoms with Crippen LogP contribution < -0.4 is 10.6 Å². The van der Waals surface area contributed by atoms with Gasteiger partial charge in [0.05, 0.1) is 10.0 Å². The zero-order valence-electron chi connectivity index (χ0n) is 17.0. The predicted molar refractivity (Wildman–Crippen MR) is 119 cm³/mol. The first-order valence-electron chi connectivity index (χ1n) is 9.74. The number of Topliss-reactive ketones (excluding diaryl/α,β-unsaturated/α-hetero) is 1. The van der Waals surface area contributed by atoms with Crippen LogP contribution in [0.1, 0.15) is 16.1 Å². The fourth-order valence-electron chi connectivity index (χ4n) is 3.55. The van der Waals surface area contributed by atoms with E-state index in [-0.39, 0.29) is 16.3 Å². The van der Waals surface area contributed by atoms with E-state index in [2.05, 4.69) is 5.32 Å². The van der Waals surface area contributed by atoms with E-state index in [9.17, 15) is 27.9 Å². The second-order valence-corrected chi connectivity index (χ2v) is 8.25. The highest BCUT2D eigenvalue weighted by atomic mass is 35.5. The molecule has 3 aromatic rings. The first-order chi connectivity index (χ1) is 16.0. The van der Waals surface area contributed by atoms with Gasteiger partial charge in [0.25, 0.3) is 5.72 Å². The molecule has 1 saturated heterocycles. The molecule has 176 valence electrons. The van der Waals surface area contributed by atoms with Crippen LogP contribution in [0.5, 0.6) is 0 Å². The summed E-state index contributed by atoms with van der Waals surface area (Å²) in [6, 6.07) is 13.5. The average Bonchev–Trinajstić information content (AvgIpc) is 3.23. The number of halogens is 5. The minimum absolute atomic E-state index is 0.0219. The summed E-state index contributed by atoms with van der Waals surface area (Å²) in [5.41, 5.74) is -3.90. The maximum Gasteiger partial charge on any atom is 0.437 e. The third-order valence-corrected chi connectivity index (χ3v) is 5.91. The van der Waals surface area contributed by atoms with Crippen molar-refractivity contribution < 1.29 is 32.3 Å². The number of nitrogens with one attached hydrogen (secondary N) is 2. The summed E-state index contributed by atoms with van der Waals surface area (Å²) in [5, 5.41) is 14.8. The Morgan fingerprint density at radius 2 is 1.76 bits per heavy atom. The van der Waals surface area contributed by atoms with Crippen molar-refractivity contribution in [1.82, 2.24) is 10.6 Å². The fourth-order valence-corrected chi connectivity index (χ4v) is 3.85. The first-order valence-corrected chi connectivity index (χ1v) is 10.5. The van der Waals surface area contributed by atoms with Gasteiger partial charge in [-0.2, -0.15) is 13.2 Å². The predicted octanol–water partition coefficient (Wildman–Crippen LogP) is 5.66. The van der Waals surface area contributed by atoms with Crippen LogP contribution in [0.2, 0.25) is 10.0 Å². The molecule has 1 aliphatic rings. The summed E-state index contributed by atoms with van der Waals surface area (Å²) in [7, 11) is 0. The molecule has 3 N–H and O–H groups in total. The molecule has 0 bridgehead atoms. The van der Waals surface area contributed by atoms with Crippen LogP contribution in [0.25, 0.3) is 17.4 Å². The normalized spacial score (nSPS) is 21.8. The van der Waals surface area contributed by atoms with E-state index in [1.165, 1.54) is 47.8 Å². The Morgan fingerprint density at radius 3 is 2.41 bits per heavy atom. The van der Waals surface area contributed by atoms with Crippen molar-refractivity contribution in [3.63, 3.8) is 0 Å². The van der Waals surface area contributed by atoms with E-state index < -0.39 is 35.3 Å². The zero-order chi connectivity index (χ0) is 24.7. The molecular formula is C23H15Cl2F3N2O4. The van der Waals surface area contributed by atoms with Crippen LogP contribution in [-0.4, -0.2) is 28.8 Å². The Balaban J connectivity index is 1.79. The van der Waals surface area contributed by atoms with Crippen molar-refractivity contribution in [2.75, 3.05) is 0 Å². The van der Waals surface area contributed by atoms with Crippen molar-refractivity contribution in [2.45, 2.75) is 11.9 Å². The molecule has 0 saturated carbocycles. The van der Waals surface area contributed by atoms with E-state index in [1.54, 1.807) is 18.2 Å². The second-order valence-electron chi connectivity index (χ2n) is 7.44. The number of alkyl halides is 3. The molecule has 0 unspecified atom stereocenters. The molecule has 0 spiro atoms. The van der Waals surface area contributed by atoms with Crippen LogP contribution in [0.4, 0.5) is 18.0 Å². The summed E-state index contributed by atoms with van der Waals surface area (Å²) < 4.78 is 47.4. The number of amides is 2. The first kappa shape index (κ1) is 23.9. The largest absolute Gasteiger partial charge is 0.457 e. The van der Waals surface area contributed by atoms with Gasteiger partial charge < -0.3 is 20.2 Å². The molecule has 0 radical (unpaired) electrons. The molecule has 1 fully saturated rings. The van der Waals surface area contributed by atoms with Crippen LogP contribution in [0.3, 0.4) is 0 Å². The van der Waals surface area contributed by atoms with E-state index in [4.69, 9.17) is 27.6 Å². The van der Waals surface area contributed by atoms with Crippen molar-refractivity contribution in [2.24, 2.45) is 5.92 Å². The quantitative estimate of drug-likeness (QED) is 0.395. The summed E-state index contributed by atoms with van der Waals surface area (Å²) >= 11 is 11.9. The third-order valence-electron chi connectivity index (χ3n) is 5.17. The smallest absolute Gasteiger partial charge is 0.437 e. The summed E-state index contributed by atoms with van der Waals surface area (Å²) in [4.78, 5) is 25.2. The van der Waals surface area contributed by atoms with Gasteiger partial charge in [-0.1, -0.05) is 53.5 Å². The van der Waals surface area contributed by atoms with Gasteiger partial charge in [0, 0.05) is 22.9 Å². The van der Waals surface area contributed by atoms with Gasteiger partial charge in [-0.25, -0.2) is 4.79 Å². The average molecular weight is 511 g/mol. The van der Waals surface area contributed by atoms with Gasteiger partial charge in [0.1, 0.15) is 17.4 Å². The molecule has 1 aliphatic heterocycles. The maximum absolute atomic E-state index is 13.9. The highest BCUT2D eigenvalue weighted by molar-refractivity contribution is 6.42. The lowest BCUT2D eigenvalue weighted by Crippen LogP contribution is -2.71. The highest BCUT2D eigenvalue weighted by Gasteiger charge is 2.65. The Bertz CT molecular complexity index is 1290. The molecule has 4 rings (SSSR count). The Morgan fingerprint density at radius 1 is 1.06 bits per heavy atom. The van der Waals surface area contributed by atoms with Crippen LogP contribution >= 0.6 is 23.2 Å². The molecule has 2 heterocycles. The monoisotopic (exact) mass is 510 g/mol. The lowest BCUT2D eigenvalue weighted by molar-refractivity contribution is -0.279. The molecular weight excluding hydrogens is 496 g/mol. The lowest BCUT2D eigenvalue weighted by Gasteiger charge is -2.41. The fraction of sp³-hybridized carbons (Fsp3) is 0.130. The molecule has 11 heteroatoms. The second kappa shape index (κ2) is 8.83. The van der Waals surface area contributed by atoms with Crippen LogP contribution in [-0.2, 0) is 0 Å². The van der Waals surface area contributed by atoms with E-state index in [0.717, 1.165) is 6.08 Å². The van der Waals surface area contributed by atoms with Crippen molar-refractivity contribution in [3.8, 4) is 11.3 Å². The molecule has 1 aromatic heterocycles. The van der Waals surface area contributed by atoms with E-state index in [1.807, 2.05) is 0 Å². The zero-order valence-corrected chi connectivity index (χ0v) is 18.5. The number of carbonyl (C=O) groups is 2. The third kappa shape index (κ3) is 4.42. The number of ketones is 1. The summed E-state index contributed by atoms with van der Waals surface area (Å²) in [5.74, 6) is -2.96. The van der Waals surface area contributed by atoms with E-state index >= 15 is 0 Å². The molecule has 34 heavy (non-hydrogen) atoms. The number of rotatable bonds is 4. The highest BCUT2D eigenvalue weighted by Crippen LogP contribution is 2.41. The van der Waals surface area contributed by atoms with E-state index in [0.29, 0.717) is 16.3 Å². The molecule has 2 atom stereocenters. The topological polar surface area (TPSA) is 91.6 Å². The molecule has 2 aromatic carbocycles. The standard InChI is InChI=1S/C23H15Cl2F3N2O4/c24-15-8-6-13(10-16(15)25)18-9-7-14(34-18)11-17-19(20(31)12-4-2-1-3-5-12)22(33,23(26,27)28)30-21(32)29-17/h1-11,19,33H,(H2,29,30,32)/b17-11-/t19-,22-/m1/s1. The van der Waals surface area contributed by atoms with Crippen molar-refractivity contribution in [3.05, 3.63) is 87.7 Å². The van der Waals surface area contributed by atoms with Gasteiger partial charge >= 0.3 is 12.2 Å². The van der Waals surface area contributed by atoms with Crippen molar-refractivity contribution >= 4 is 41.1 Å². The van der Waals surface area contributed by atoms with Gasteiger partial charge in [0.2, 0.25) is 0 Å². The number of furan rings is 1. The molecule has 6 nitrogen and oxygen atoms in total. The Kier molecular flexibility index (Phi) is 6.20. The summed E-state index contributed by atoms with van der Waals surface area (Å²) in [6.07, 6.45) is -4.31. The van der Waals surface area contributed by atoms with Crippen LogP contribution in [0, 0.1) is 5.92 Å². The number of urea groups is 1. The molecule has 2 amide bonds. The Labute approximate surface area is 201 Å². The Hall–Kier alpha value is -3.27. The number of hydrogen-bond acceptors (Lipinski definition) is 4. The minimum atomic E-state index is -5.37. The van der Waals surface area contributed by atoms with Crippen molar-refractivity contribution in [1.29, 1.82) is 0 Å². The maximum atomic E-state index is 13.9. The molecule has 0 aliphatic carbocycles. The van der Waals surface area contributed by atoms with Crippen LogP contribution in [0.15, 0.2) is 70.8 Å². The van der Waals surface area contributed by atoms with Gasteiger partial charge in [-0.05, 0) is 30.3 Å². The number of benzene rings is 2. The minimum Gasteiger partial charge on any atom is -0.457 e. The summed E-state index contributed by atoms with van der Waals surface area (Å²) in [6.45, 7) is 0. The van der Waals surface area contributed by atoms with Gasteiger partial charge in [-0.15, -0.1) is 0 Å². The van der Waals surface area contributed by atoms with Gasteiger partial charge in [-0.3, -0.25) is 4.79 Å². The SMILES string of the molecule is O=C1N/C(=C\c2ccc(-c3ccc(Cl)c(Cl)c3)o2)[C@H](C(=O)c2ccccc2)[C@@](O)(C(F)(F)F)N1. The number of aliphatic hydroxyl groups is 1. The lowest BCUT2D eigenvalue weighted by atomic mass is 9.82. The number of carbonyl (C=O) groups excluding carboxylic acids is 2. The number of hydrogen-bond donors (Lipinski definition) is 3.